The molecule has 0 radical (unpaired) electrons. The first-order valence-corrected chi connectivity index (χ1v) is 8.57. The van der Waals surface area contributed by atoms with Crippen LogP contribution in [0.25, 0.3) is 0 Å². The minimum Gasteiger partial charge on any atom is -0.383 e. The van der Waals surface area contributed by atoms with Gasteiger partial charge >= 0.3 is 0 Å². The van der Waals surface area contributed by atoms with Crippen molar-refractivity contribution in [3.05, 3.63) is 18.0 Å². The number of nitrogens with zero attached hydrogens (tertiary/aromatic N) is 4. The van der Waals surface area contributed by atoms with Crippen molar-refractivity contribution >= 4 is 11.9 Å². The zero-order valence-electron chi connectivity index (χ0n) is 14.8. The van der Waals surface area contributed by atoms with E-state index in [0.717, 1.165) is 19.5 Å². The minimum absolute atomic E-state index is 0.0782. The Kier molecular flexibility index (Phi) is 6.14. The molecule has 3 rings (SSSR count). The van der Waals surface area contributed by atoms with Gasteiger partial charge in [0.2, 0.25) is 5.95 Å². The van der Waals surface area contributed by atoms with Crippen molar-refractivity contribution in [2.24, 2.45) is 0 Å². The molecule has 2 saturated heterocycles. The molecule has 1 aromatic heterocycles. The van der Waals surface area contributed by atoms with Gasteiger partial charge in [0.1, 0.15) is 0 Å². The number of rotatable bonds is 6. The highest BCUT2D eigenvalue weighted by atomic mass is 16.5. The van der Waals surface area contributed by atoms with Crippen LogP contribution in [0, 0.1) is 0 Å². The molecule has 9 heteroatoms. The Hall–Kier alpha value is -1.81. The molecule has 0 spiro atoms. The van der Waals surface area contributed by atoms with E-state index < -0.39 is 0 Å². The summed E-state index contributed by atoms with van der Waals surface area (Å²) >= 11 is 0. The number of carbonyl (C=O) groups excluding carboxylic acids is 1. The Balaban J connectivity index is 1.53. The van der Waals surface area contributed by atoms with E-state index in [2.05, 4.69) is 25.7 Å². The van der Waals surface area contributed by atoms with E-state index in [1.807, 2.05) is 0 Å². The van der Waals surface area contributed by atoms with Gasteiger partial charge in [0.25, 0.3) is 5.91 Å². The fourth-order valence-electron chi connectivity index (χ4n) is 3.12. The van der Waals surface area contributed by atoms with Gasteiger partial charge in [-0.05, 0) is 6.42 Å². The van der Waals surface area contributed by atoms with Crippen molar-refractivity contribution in [2.75, 3.05) is 58.5 Å². The lowest BCUT2D eigenvalue weighted by Gasteiger charge is -2.26. The Bertz CT molecular complexity index is 563. The Morgan fingerprint density at radius 2 is 2.00 bits per heavy atom. The quantitative estimate of drug-likeness (QED) is 0.694. The summed E-state index contributed by atoms with van der Waals surface area (Å²) in [7, 11) is 3.48. The number of anilines is 1. The lowest BCUT2D eigenvalue weighted by atomic mass is 10.1. The van der Waals surface area contributed by atoms with E-state index in [1.165, 1.54) is 0 Å². The summed E-state index contributed by atoms with van der Waals surface area (Å²) in [5, 5.41) is 0. The third kappa shape index (κ3) is 4.63. The summed E-state index contributed by atoms with van der Waals surface area (Å²) in [6.07, 6.45) is 4.12. The zero-order valence-corrected chi connectivity index (χ0v) is 14.8. The molecule has 2 aliphatic rings. The lowest BCUT2D eigenvalue weighted by molar-refractivity contribution is 0.0781. The predicted octanol–water partition coefficient (Wildman–Crippen LogP) is -0.733. The van der Waals surface area contributed by atoms with E-state index in [0.29, 0.717) is 37.9 Å². The van der Waals surface area contributed by atoms with E-state index >= 15 is 0 Å². The second-order valence-corrected chi connectivity index (χ2v) is 6.43. The third-order valence-corrected chi connectivity index (χ3v) is 4.45. The number of carbonyl (C=O) groups is 1. The van der Waals surface area contributed by atoms with Crippen molar-refractivity contribution < 1.29 is 14.3 Å². The smallest absolute Gasteiger partial charge is 0.256 e. The molecule has 0 saturated carbocycles. The zero-order chi connectivity index (χ0) is 17.6. The Morgan fingerprint density at radius 1 is 1.32 bits per heavy atom. The van der Waals surface area contributed by atoms with Gasteiger partial charge in [0.15, 0.2) is 0 Å². The standard InChI is InChI=1S/C16H26N6O3/c1-21(10-13-7-14(11-24-2)20-19-13)15(23)12-8-17-16(18-9-12)22-3-5-25-6-4-22/h8-9,13-14,19-20H,3-7,10-11H2,1-2H3. The molecule has 0 aromatic carbocycles. The first-order valence-electron chi connectivity index (χ1n) is 8.57. The number of likely N-dealkylation sites (N-methyl/N-ethyl adjacent to an activating group) is 1. The van der Waals surface area contributed by atoms with Crippen LogP contribution in [0.15, 0.2) is 12.4 Å². The first-order chi connectivity index (χ1) is 12.2. The number of morpholine rings is 1. The number of hydrazine groups is 1. The number of aromatic nitrogens is 2. The Labute approximate surface area is 147 Å². The van der Waals surface area contributed by atoms with Crippen molar-refractivity contribution in [2.45, 2.75) is 18.5 Å². The molecule has 3 heterocycles. The van der Waals surface area contributed by atoms with Crippen LogP contribution in [0.4, 0.5) is 5.95 Å². The summed E-state index contributed by atoms with van der Waals surface area (Å²) in [4.78, 5) is 25.0. The first kappa shape index (κ1) is 18.0. The SMILES string of the molecule is COCC1CC(CN(C)C(=O)c2cnc(N3CCOCC3)nc2)NN1. The predicted molar refractivity (Wildman–Crippen MR) is 92.4 cm³/mol. The molecule has 2 fully saturated rings. The molecule has 2 atom stereocenters. The van der Waals surface area contributed by atoms with E-state index in [4.69, 9.17) is 9.47 Å². The Morgan fingerprint density at radius 3 is 2.68 bits per heavy atom. The number of nitrogens with one attached hydrogen (secondary N) is 2. The fourth-order valence-corrected chi connectivity index (χ4v) is 3.12. The van der Waals surface area contributed by atoms with Crippen LogP contribution >= 0.6 is 0 Å². The lowest BCUT2D eigenvalue weighted by Crippen LogP contribution is -2.42. The molecule has 138 valence electrons. The maximum atomic E-state index is 12.6. The monoisotopic (exact) mass is 350 g/mol. The average molecular weight is 350 g/mol. The molecule has 2 N–H and O–H groups in total. The molecular weight excluding hydrogens is 324 g/mol. The summed E-state index contributed by atoms with van der Waals surface area (Å²) < 4.78 is 10.5. The minimum atomic E-state index is -0.0782. The maximum Gasteiger partial charge on any atom is 0.256 e. The highest BCUT2D eigenvalue weighted by Gasteiger charge is 2.26. The van der Waals surface area contributed by atoms with Crippen LogP contribution < -0.4 is 15.8 Å². The summed E-state index contributed by atoms with van der Waals surface area (Å²) in [5.74, 6) is 0.567. The number of methoxy groups -OCH3 is 1. The van der Waals surface area contributed by atoms with Gasteiger partial charge in [-0.25, -0.2) is 9.97 Å². The molecule has 1 aromatic rings. The van der Waals surface area contributed by atoms with Crippen molar-refractivity contribution in [1.29, 1.82) is 0 Å². The topological polar surface area (TPSA) is 91.9 Å². The summed E-state index contributed by atoms with van der Waals surface area (Å²) in [5.41, 5.74) is 6.89. The van der Waals surface area contributed by atoms with Crippen LogP contribution in [0.2, 0.25) is 0 Å². The van der Waals surface area contributed by atoms with Crippen LogP contribution in [-0.2, 0) is 9.47 Å². The molecule has 9 nitrogen and oxygen atoms in total. The largest absolute Gasteiger partial charge is 0.383 e. The summed E-state index contributed by atoms with van der Waals surface area (Å²) in [6.45, 7) is 4.17. The molecule has 2 unspecified atom stereocenters. The number of hydrogen-bond acceptors (Lipinski definition) is 8. The highest BCUT2D eigenvalue weighted by molar-refractivity contribution is 5.93. The molecule has 2 aliphatic heterocycles. The van der Waals surface area contributed by atoms with Gasteiger partial charge in [-0.3, -0.25) is 15.6 Å². The number of ether oxygens (including phenoxy) is 2. The maximum absolute atomic E-state index is 12.6. The molecule has 25 heavy (non-hydrogen) atoms. The van der Waals surface area contributed by atoms with Crippen molar-refractivity contribution in [3.63, 3.8) is 0 Å². The molecular formula is C16H26N6O3. The number of amides is 1. The second kappa shape index (κ2) is 8.52. The normalized spacial score (nSPS) is 23.7. The fraction of sp³-hybridized carbons (Fsp3) is 0.688. The van der Waals surface area contributed by atoms with Gasteiger partial charge in [-0.15, -0.1) is 0 Å². The van der Waals surface area contributed by atoms with E-state index in [-0.39, 0.29) is 18.0 Å². The van der Waals surface area contributed by atoms with Gasteiger partial charge < -0.3 is 19.3 Å². The van der Waals surface area contributed by atoms with Gasteiger partial charge in [-0.2, -0.15) is 0 Å². The van der Waals surface area contributed by atoms with E-state index in [1.54, 1.807) is 31.5 Å². The van der Waals surface area contributed by atoms with E-state index in [9.17, 15) is 4.79 Å². The van der Waals surface area contributed by atoms with Crippen molar-refractivity contribution in [3.8, 4) is 0 Å². The van der Waals surface area contributed by atoms with Gasteiger partial charge in [0, 0.05) is 58.3 Å². The summed E-state index contributed by atoms with van der Waals surface area (Å²) in [6, 6.07) is 0.470. The molecule has 1 amide bonds. The van der Waals surface area contributed by atoms with Crippen LogP contribution in [-0.4, -0.2) is 86.5 Å². The van der Waals surface area contributed by atoms with Crippen molar-refractivity contribution in [1.82, 2.24) is 25.7 Å². The van der Waals surface area contributed by atoms with Crippen LogP contribution in [0.1, 0.15) is 16.8 Å². The van der Waals surface area contributed by atoms with Crippen LogP contribution in [0.5, 0.6) is 0 Å². The number of hydrogen-bond donors (Lipinski definition) is 2. The molecule has 0 bridgehead atoms. The second-order valence-electron chi connectivity index (χ2n) is 6.43. The third-order valence-electron chi connectivity index (χ3n) is 4.45. The van der Waals surface area contributed by atoms with Gasteiger partial charge in [-0.1, -0.05) is 0 Å². The van der Waals surface area contributed by atoms with Crippen LogP contribution in [0.3, 0.4) is 0 Å². The van der Waals surface area contributed by atoms with Gasteiger partial charge in [0.05, 0.1) is 25.4 Å². The average Bonchev–Trinajstić information content (AvgIpc) is 3.09. The molecule has 0 aliphatic carbocycles. The highest BCUT2D eigenvalue weighted by Crippen LogP contribution is 2.12.